The normalized spacial score (nSPS) is 12.6. The van der Waals surface area contributed by atoms with Crippen molar-refractivity contribution in [3.63, 3.8) is 0 Å². The Morgan fingerprint density at radius 3 is 3.08 bits per heavy atom. The van der Waals surface area contributed by atoms with E-state index in [1.54, 1.807) is 13.1 Å². The third kappa shape index (κ3) is 2.94. The number of hydrogen-bond acceptors (Lipinski definition) is 3. The molecule has 0 spiro atoms. The molecule has 12 heavy (non-hydrogen) atoms. The zero-order valence-corrected chi connectivity index (χ0v) is 8.95. The van der Waals surface area contributed by atoms with Gasteiger partial charge in [-0.15, -0.1) is 0 Å². The summed E-state index contributed by atoms with van der Waals surface area (Å²) in [5.41, 5.74) is 0. The van der Waals surface area contributed by atoms with Gasteiger partial charge in [-0.1, -0.05) is 0 Å². The van der Waals surface area contributed by atoms with Crippen molar-refractivity contribution in [2.24, 2.45) is 0 Å². The standard InChI is InChI=1S/C8H11IN2O/c1-6(12)5-11-8-7(9)3-2-4-10-8/h2-4,6,12H,5H2,1H3,(H,10,11). The SMILES string of the molecule is CC(O)CNc1ncccc1I. The monoisotopic (exact) mass is 278 g/mol. The Morgan fingerprint density at radius 2 is 2.50 bits per heavy atom. The van der Waals surface area contributed by atoms with E-state index in [0.29, 0.717) is 6.54 Å². The van der Waals surface area contributed by atoms with Gasteiger partial charge < -0.3 is 10.4 Å². The van der Waals surface area contributed by atoms with Gasteiger partial charge in [0.25, 0.3) is 0 Å². The van der Waals surface area contributed by atoms with Gasteiger partial charge in [-0.25, -0.2) is 4.98 Å². The summed E-state index contributed by atoms with van der Waals surface area (Å²) in [4.78, 5) is 4.12. The zero-order valence-electron chi connectivity index (χ0n) is 6.79. The highest BCUT2D eigenvalue weighted by Crippen LogP contribution is 2.13. The lowest BCUT2D eigenvalue weighted by Crippen LogP contribution is -2.16. The smallest absolute Gasteiger partial charge is 0.139 e. The topological polar surface area (TPSA) is 45.1 Å². The lowest BCUT2D eigenvalue weighted by atomic mass is 10.4. The van der Waals surface area contributed by atoms with Crippen LogP contribution >= 0.6 is 22.6 Å². The van der Waals surface area contributed by atoms with E-state index in [4.69, 9.17) is 5.11 Å². The lowest BCUT2D eigenvalue weighted by molar-refractivity contribution is 0.208. The molecule has 1 atom stereocenters. The molecule has 2 N–H and O–H groups in total. The summed E-state index contributed by atoms with van der Waals surface area (Å²) in [6.07, 6.45) is 1.38. The van der Waals surface area contributed by atoms with Crippen LogP contribution in [0.1, 0.15) is 6.92 Å². The Balaban J connectivity index is 2.57. The number of rotatable bonds is 3. The van der Waals surface area contributed by atoms with E-state index in [1.165, 1.54) is 0 Å². The minimum Gasteiger partial charge on any atom is -0.392 e. The summed E-state index contributed by atoms with van der Waals surface area (Å²) in [7, 11) is 0. The molecule has 1 aromatic rings. The van der Waals surface area contributed by atoms with Crippen LogP contribution in [0, 0.1) is 3.57 Å². The third-order valence-corrected chi connectivity index (χ3v) is 2.19. The molecule has 4 heteroatoms. The Hall–Kier alpha value is -0.360. The van der Waals surface area contributed by atoms with Crippen LogP contribution in [0.5, 0.6) is 0 Å². The molecule has 1 heterocycles. The van der Waals surface area contributed by atoms with Gasteiger partial charge in [-0.3, -0.25) is 0 Å². The molecule has 0 amide bonds. The number of aliphatic hydroxyl groups is 1. The average molecular weight is 278 g/mol. The van der Waals surface area contributed by atoms with Crippen molar-refractivity contribution in [1.29, 1.82) is 0 Å². The number of halogens is 1. The predicted molar refractivity (Wildman–Crippen MR) is 57.1 cm³/mol. The zero-order chi connectivity index (χ0) is 8.97. The van der Waals surface area contributed by atoms with Crippen LogP contribution in [0.4, 0.5) is 5.82 Å². The van der Waals surface area contributed by atoms with Gasteiger partial charge in [0.2, 0.25) is 0 Å². The van der Waals surface area contributed by atoms with E-state index in [1.807, 2.05) is 12.1 Å². The van der Waals surface area contributed by atoms with E-state index >= 15 is 0 Å². The molecule has 1 rings (SSSR count). The summed E-state index contributed by atoms with van der Waals surface area (Å²) in [5, 5.41) is 12.1. The largest absolute Gasteiger partial charge is 0.392 e. The average Bonchev–Trinajstić information content (AvgIpc) is 2.03. The second-order valence-electron chi connectivity index (χ2n) is 2.56. The molecule has 0 fully saturated rings. The van der Waals surface area contributed by atoms with E-state index in [0.717, 1.165) is 9.39 Å². The van der Waals surface area contributed by atoms with Crippen molar-refractivity contribution in [2.75, 3.05) is 11.9 Å². The maximum Gasteiger partial charge on any atom is 0.139 e. The fourth-order valence-corrected chi connectivity index (χ4v) is 1.30. The van der Waals surface area contributed by atoms with Crippen LogP contribution in [0.15, 0.2) is 18.3 Å². The molecule has 1 unspecified atom stereocenters. The number of nitrogens with zero attached hydrogens (tertiary/aromatic N) is 1. The van der Waals surface area contributed by atoms with Gasteiger partial charge >= 0.3 is 0 Å². The molecular formula is C8H11IN2O. The minimum absolute atomic E-state index is 0.345. The number of aliphatic hydroxyl groups excluding tert-OH is 1. The molecule has 0 aliphatic carbocycles. The Kier molecular flexibility index (Phi) is 3.74. The summed E-state index contributed by atoms with van der Waals surface area (Å²) in [5.74, 6) is 0.832. The highest BCUT2D eigenvalue weighted by atomic mass is 127. The van der Waals surface area contributed by atoms with Crippen molar-refractivity contribution in [3.05, 3.63) is 21.9 Å². The molecule has 0 bridgehead atoms. The first-order valence-corrected chi connectivity index (χ1v) is 4.80. The summed E-state index contributed by atoms with van der Waals surface area (Å²) < 4.78 is 1.07. The first-order chi connectivity index (χ1) is 5.70. The van der Waals surface area contributed by atoms with E-state index in [2.05, 4.69) is 32.9 Å². The first-order valence-electron chi connectivity index (χ1n) is 3.72. The van der Waals surface area contributed by atoms with Crippen LogP contribution in [-0.4, -0.2) is 22.7 Å². The molecule has 0 aromatic carbocycles. The quantitative estimate of drug-likeness (QED) is 0.823. The van der Waals surface area contributed by atoms with Crippen LogP contribution in [0.3, 0.4) is 0 Å². The van der Waals surface area contributed by atoms with Crippen molar-refractivity contribution in [2.45, 2.75) is 13.0 Å². The summed E-state index contributed by atoms with van der Waals surface area (Å²) in [6.45, 7) is 2.27. The fourth-order valence-electron chi connectivity index (χ4n) is 0.760. The number of hydrogen-bond donors (Lipinski definition) is 2. The van der Waals surface area contributed by atoms with Crippen LogP contribution in [0.2, 0.25) is 0 Å². The van der Waals surface area contributed by atoms with Gasteiger partial charge in [0, 0.05) is 12.7 Å². The van der Waals surface area contributed by atoms with Crippen molar-refractivity contribution in [3.8, 4) is 0 Å². The van der Waals surface area contributed by atoms with Gasteiger partial charge in [-0.2, -0.15) is 0 Å². The van der Waals surface area contributed by atoms with E-state index in [9.17, 15) is 0 Å². The fraction of sp³-hybridized carbons (Fsp3) is 0.375. The predicted octanol–water partition coefficient (Wildman–Crippen LogP) is 1.48. The highest BCUT2D eigenvalue weighted by molar-refractivity contribution is 14.1. The first kappa shape index (κ1) is 9.73. The molecule has 0 saturated carbocycles. The van der Waals surface area contributed by atoms with Crippen molar-refractivity contribution >= 4 is 28.4 Å². The Morgan fingerprint density at radius 1 is 1.75 bits per heavy atom. The molecule has 1 aromatic heterocycles. The summed E-state index contributed by atoms with van der Waals surface area (Å²) >= 11 is 2.20. The maximum atomic E-state index is 9.01. The molecule has 66 valence electrons. The minimum atomic E-state index is -0.345. The number of nitrogens with one attached hydrogen (secondary N) is 1. The number of pyridine rings is 1. The highest BCUT2D eigenvalue weighted by Gasteiger charge is 1.99. The molecular weight excluding hydrogens is 267 g/mol. The van der Waals surface area contributed by atoms with Crippen LogP contribution in [0.25, 0.3) is 0 Å². The van der Waals surface area contributed by atoms with Crippen molar-refractivity contribution in [1.82, 2.24) is 4.98 Å². The maximum absolute atomic E-state index is 9.01. The second kappa shape index (κ2) is 4.61. The van der Waals surface area contributed by atoms with Gasteiger partial charge in [0.05, 0.1) is 9.67 Å². The Labute approximate surface area is 85.4 Å². The van der Waals surface area contributed by atoms with Crippen LogP contribution < -0.4 is 5.32 Å². The van der Waals surface area contributed by atoms with E-state index < -0.39 is 0 Å². The molecule has 3 nitrogen and oxygen atoms in total. The van der Waals surface area contributed by atoms with Gasteiger partial charge in [0.1, 0.15) is 5.82 Å². The lowest BCUT2D eigenvalue weighted by Gasteiger charge is -2.08. The van der Waals surface area contributed by atoms with Gasteiger partial charge in [-0.05, 0) is 41.6 Å². The molecule has 0 aliphatic heterocycles. The number of aromatic nitrogens is 1. The van der Waals surface area contributed by atoms with Gasteiger partial charge in [0.15, 0.2) is 0 Å². The number of anilines is 1. The molecule has 0 radical (unpaired) electrons. The summed E-state index contributed by atoms with van der Waals surface area (Å²) in [6, 6.07) is 3.85. The van der Waals surface area contributed by atoms with Crippen molar-refractivity contribution < 1.29 is 5.11 Å². The van der Waals surface area contributed by atoms with Crippen LogP contribution in [-0.2, 0) is 0 Å². The molecule has 0 aliphatic rings. The molecule has 0 saturated heterocycles. The van der Waals surface area contributed by atoms with E-state index in [-0.39, 0.29) is 6.10 Å². The third-order valence-electron chi connectivity index (χ3n) is 1.32. The Bertz CT molecular complexity index is 253. The second-order valence-corrected chi connectivity index (χ2v) is 3.73.